The first-order chi connectivity index (χ1) is 9.23. The van der Waals surface area contributed by atoms with Crippen LogP contribution in [0, 0.1) is 28.8 Å². The molecule has 1 aromatic carbocycles. The monoisotopic (exact) mass is 284 g/mol. The number of benzene rings is 1. The lowest BCUT2D eigenvalue weighted by atomic mass is 10.1. The van der Waals surface area contributed by atoms with Gasteiger partial charge in [-0.2, -0.15) is 0 Å². The zero-order valence-corrected chi connectivity index (χ0v) is 11.5. The molecule has 0 aromatic heterocycles. The molecule has 0 radical (unpaired) electrons. The number of carbonyl (C=O) groups is 1. The molecule has 0 aliphatic rings. The summed E-state index contributed by atoms with van der Waals surface area (Å²) in [4.78, 5) is 21.9. The highest BCUT2D eigenvalue weighted by atomic mass is 19.1. The predicted octanol–water partition coefficient (Wildman–Crippen LogP) is 1.79. The van der Waals surface area contributed by atoms with Gasteiger partial charge in [0.05, 0.1) is 16.6 Å². The number of carbonyl (C=O) groups excluding carboxylic acids is 1. The molecule has 2 N–H and O–H groups in total. The number of nitro groups is 1. The van der Waals surface area contributed by atoms with E-state index >= 15 is 0 Å². The smallest absolute Gasteiger partial charge is 0.270 e. The Morgan fingerprint density at radius 3 is 2.60 bits per heavy atom. The van der Waals surface area contributed by atoms with Crippen molar-refractivity contribution in [2.24, 2.45) is 5.92 Å². The Bertz CT molecular complexity index is 531. The molecule has 20 heavy (non-hydrogen) atoms. The van der Waals surface area contributed by atoms with Crippen LogP contribution < -0.4 is 5.32 Å². The van der Waals surface area contributed by atoms with Crippen molar-refractivity contribution in [3.63, 3.8) is 0 Å². The largest absolute Gasteiger partial charge is 0.391 e. The van der Waals surface area contributed by atoms with Crippen LogP contribution in [0.1, 0.15) is 29.8 Å². The summed E-state index contributed by atoms with van der Waals surface area (Å²) in [6, 6.07) is 1.95. The van der Waals surface area contributed by atoms with Crippen LogP contribution in [-0.2, 0) is 0 Å². The van der Waals surface area contributed by atoms with Crippen molar-refractivity contribution in [1.29, 1.82) is 0 Å². The van der Waals surface area contributed by atoms with Crippen molar-refractivity contribution < 1.29 is 19.2 Å². The Hall–Kier alpha value is -2.02. The number of aliphatic hydroxyl groups excluding tert-OH is 1. The molecule has 0 heterocycles. The first-order valence-corrected chi connectivity index (χ1v) is 6.14. The lowest BCUT2D eigenvalue weighted by Gasteiger charge is -2.15. The second kappa shape index (κ2) is 6.42. The van der Waals surface area contributed by atoms with Gasteiger partial charge in [0.1, 0.15) is 5.82 Å². The van der Waals surface area contributed by atoms with E-state index in [1.165, 1.54) is 6.92 Å². The van der Waals surface area contributed by atoms with Gasteiger partial charge in [0, 0.05) is 18.7 Å². The van der Waals surface area contributed by atoms with Crippen molar-refractivity contribution in [2.75, 3.05) is 6.54 Å². The van der Waals surface area contributed by atoms with Crippen LogP contribution in [0.2, 0.25) is 0 Å². The number of nitro benzene ring substituents is 1. The third kappa shape index (κ3) is 3.74. The van der Waals surface area contributed by atoms with Gasteiger partial charge in [-0.15, -0.1) is 0 Å². The van der Waals surface area contributed by atoms with Crippen molar-refractivity contribution in [2.45, 2.75) is 26.9 Å². The number of amides is 1. The van der Waals surface area contributed by atoms with Gasteiger partial charge in [0.2, 0.25) is 0 Å². The molecule has 0 saturated heterocycles. The summed E-state index contributed by atoms with van der Waals surface area (Å²) in [6.45, 7) is 4.85. The summed E-state index contributed by atoms with van der Waals surface area (Å²) in [6.07, 6.45) is -0.762. The second-order valence-corrected chi connectivity index (χ2v) is 4.90. The minimum absolute atomic E-state index is 0.0220. The van der Waals surface area contributed by atoms with Crippen LogP contribution in [0.15, 0.2) is 12.1 Å². The number of aliphatic hydroxyl groups is 1. The summed E-state index contributed by atoms with van der Waals surface area (Å²) in [5.74, 6) is -1.65. The first-order valence-electron chi connectivity index (χ1n) is 6.14. The molecule has 7 heteroatoms. The topological polar surface area (TPSA) is 92.5 Å². The van der Waals surface area contributed by atoms with E-state index < -0.39 is 28.3 Å². The average Bonchev–Trinajstić information content (AvgIpc) is 2.37. The fourth-order valence-electron chi connectivity index (χ4n) is 1.55. The molecule has 0 spiro atoms. The predicted molar refractivity (Wildman–Crippen MR) is 71.0 cm³/mol. The maximum absolute atomic E-state index is 13.8. The van der Waals surface area contributed by atoms with E-state index in [9.17, 15) is 24.4 Å². The minimum Gasteiger partial charge on any atom is -0.391 e. The van der Waals surface area contributed by atoms with Gasteiger partial charge in [0.15, 0.2) is 0 Å². The van der Waals surface area contributed by atoms with Crippen LogP contribution in [0.4, 0.5) is 10.1 Å². The molecule has 0 saturated carbocycles. The maximum Gasteiger partial charge on any atom is 0.270 e. The number of non-ortho nitro benzene ring substituents is 1. The highest BCUT2D eigenvalue weighted by Crippen LogP contribution is 2.21. The SMILES string of the molecule is Cc1cc([N+](=O)[O-])cc(C(=O)NCC(O)C(C)C)c1F. The highest BCUT2D eigenvalue weighted by molar-refractivity contribution is 5.95. The Morgan fingerprint density at radius 2 is 2.10 bits per heavy atom. The molecule has 0 fully saturated rings. The third-order valence-electron chi connectivity index (χ3n) is 2.94. The zero-order chi connectivity index (χ0) is 15.4. The zero-order valence-electron chi connectivity index (χ0n) is 11.5. The van der Waals surface area contributed by atoms with Gasteiger partial charge in [-0.1, -0.05) is 13.8 Å². The van der Waals surface area contributed by atoms with Gasteiger partial charge in [-0.25, -0.2) is 4.39 Å². The number of hydrogen-bond acceptors (Lipinski definition) is 4. The van der Waals surface area contributed by atoms with Crippen molar-refractivity contribution >= 4 is 11.6 Å². The molecule has 0 aliphatic carbocycles. The van der Waals surface area contributed by atoms with E-state index in [-0.39, 0.29) is 23.7 Å². The van der Waals surface area contributed by atoms with Crippen LogP contribution >= 0.6 is 0 Å². The number of nitrogens with one attached hydrogen (secondary N) is 1. The molecule has 0 aliphatic heterocycles. The molecular weight excluding hydrogens is 267 g/mol. The average molecular weight is 284 g/mol. The molecule has 1 unspecified atom stereocenters. The summed E-state index contributed by atoms with van der Waals surface area (Å²) in [5, 5.41) is 22.6. The van der Waals surface area contributed by atoms with Crippen molar-refractivity contribution in [1.82, 2.24) is 5.32 Å². The van der Waals surface area contributed by atoms with Gasteiger partial charge < -0.3 is 10.4 Å². The highest BCUT2D eigenvalue weighted by Gasteiger charge is 2.20. The fraction of sp³-hybridized carbons (Fsp3) is 0.462. The van der Waals surface area contributed by atoms with Crippen LogP contribution in [-0.4, -0.2) is 28.6 Å². The van der Waals surface area contributed by atoms with E-state index in [4.69, 9.17) is 0 Å². The minimum atomic E-state index is -0.799. The molecular formula is C13H17FN2O4. The number of hydrogen-bond donors (Lipinski definition) is 2. The Balaban J connectivity index is 2.95. The van der Waals surface area contributed by atoms with E-state index in [0.29, 0.717) is 0 Å². The van der Waals surface area contributed by atoms with Crippen LogP contribution in [0.25, 0.3) is 0 Å². The maximum atomic E-state index is 13.8. The fourth-order valence-corrected chi connectivity index (χ4v) is 1.55. The third-order valence-corrected chi connectivity index (χ3v) is 2.94. The summed E-state index contributed by atoms with van der Waals surface area (Å²) in [5.41, 5.74) is -0.722. The van der Waals surface area contributed by atoms with Crippen LogP contribution in [0.5, 0.6) is 0 Å². The van der Waals surface area contributed by atoms with E-state index in [0.717, 1.165) is 12.1 Å². The molecule has 1 rings (SSSR count). The van der Waals surface area contributed by atoms with Gasteiger partial charge in [0.25, 0.3) is 11.6 Å². The van der Waals surface area contributed by atoms with Crippen LogP contribution in [0.3, 0.4) is 0 Å². The number of halogens is 1. The number of nitrogens with zero attached hydrogens (tertiary/aromatic N) is 1. The van der Waals surface area contributed by atoms with Crippen molar-refractivity contribution in [3.05, 3.63) is 39.2 Å². The van der Waals surface area contributed by atoms with Crippen molar-refractivity contribution in [3.8, 4) is 0 Å². The Kier molecular flexibility index (Phi) is 5.15. The van der Waals surface area contributed by atoms with E-state index in [1.807, 2.05) is 0 Å². The van der Waals surface area contributed by atoms with E-state index in [1.54, 1.807) is 13.8 Å². The molecule has 6 nitrogen and oxygen atoms in total. The second-order valence-electron chi connectivity index (χ2n) is 4.90. The molecule has 0 bridgehead atoms. The van der Waals surface area contributed by atoms with Gasteiger partial charge >= 0.3 is 0 Å². The van der Waals surface area contributed by atoms with E-state index in [2.05, 4.69) is 5.32 Å². The Labute approximate surface area is 115 Å². The quantitative estimate of drug-likeness (QED) is 0.637. The molecule has 110 valence electrons. The molecule has 1 amide bonds. The first kappa shape index (κ1) is 16.0. The summed E-state index contributed by atoms with van der Waals surface area (Å²) in [7, 11) is 0. The lowest BCUT2D eigenvalue weighted by molar-refractivity contribution is -0.385. The Morgan fingerprint density at radius 1 is 1.50 bits per heavy atom. The summed E-state index contributed by atoms with van der Waals surface area (Å²) >= 11 is 0. The lowest BCUT2D eigenvalue weighted by Crippen LogP contribution is -2.35. The number of rotatable bonds is 5. The normalized spacial score (nSPS) is 12.3. The van der Waals surface area contributed by atoms with Gasteiger partial charge in [-0.3, -0.25) is 14.9 Å². The number of aryl methyl sites for hydroxylation is 1. The summed E-state index contributed by atoms with van der Waals surface area (Å²) < 4.78 is 13.8. The molecule has 1 aromatic rings. The molecule has 1 atom stereocenters. The van der Waals surface area contributed by atoms with Gasteiger partial charge in [-0.05, 0) is 18.4 Å². The standard InChI is InChI=1S/C13H17FN2O4/c1-7(2)11(17)6-15-13(18)10-5-9(16(19)20)4-8(3)12(10)14/h4-5,7,11,17H,6H2,1-3H3,(H,15,18).